The zero-order chi connectivity index (χ0) is 12.4. The molecule has 2 N–H and O–H groups in total. The Morgan fingerprint density at radius 2 is 1.83 bits per heavy atom. The summed E-state index contributed by atoms with van der Waals surface area (Å²) in [5, 5.41) is 0. The van der Waals surface area contributed by atoms with E-state index < -0.39 is 0 Å². The molecule has 0 bridgehead atoms. The van der Waals surface area contributed by atoms with E-state index in [0.717, 1.165) is 19.5 Å². The zero-order valence-electron chi connectivity index (χ0n) is 10.5. The molecule has 0 saturated carbocycles. The van der Waals surface area contributed by atoms with Gasteiger partial charge < -0.3 is 10.6 Å². The summed E-state index contributed by atoms with van der Waals surface area (Å²) < 4.78 is 0. The molecule has 0 aliphatic carbocycles. The van der Waals surface area contributed by atoms with E-state index in [1.165, 1.54) is 22.4 Å². The van der Waals surface area contributed by atoms with Crippen LogP contribution in [0.3, 0.4) is 0 Å². The Balaban J connectivity index is 1.85. The van der Waals surface area contributed by atoms with Crippen LogP contribution in [0.25, 0.3) is 0 Å². The summed E-state index contributed by atoms with van der Waals surface area (Å²) in [7, 11) is 0. The van der Waals surface area contributed by atoms with Crippen molar-refractivity contribution in [3.8, 4) is 0 Å². The number of anilines is 1. The molecule has 0 aromatic heterocycles. The van der Waals surface area contributed by atoms with Crippen LogP contribution in [-0.2, 0) is 19.5 Å². The van der Waals surface area contributed by atoms with Crippen molar-refractivity contribution in [2.45, 2.75) is 19.5 Å². The predicted molar refractivity (Wildman–Crippen MR) is 75.5 cm³/mol. The predicted octanol–water partition coefficient (Wildman–Crippen LogP) is 2.71. The van der Waals surface area contributed by atoms with Gasteiger partial charge in [0.1, 0.15) is 0 Å². The van der Waals surface area contributed by atoms with E-state index >= 15 is 0 Å². The third-order valence-corrected chi connectivity index (χ3v) is 3.59. The number of rotatable bonds is 3. The molecule has 2 aromatic rings. The third-order valence-electron chi connectivity index (χ3n) is 3.59. The van der Waals surface area contributed by atoms with Gasteiger partial charge in [-0.3, -0.25) is 0 Å². The normalized spacial score (nSPS) is 13.7. The first-order valence-electron chi connectivity index (χ1n) is 6.47. The monoisotopic (exact) mass is 238 g/mol. The molecule has 0 unspecified atom stereocenters. The second-order valence-corrected chi connectivity index (χ2v) is 4.82. The van der Waals surface area contributed by atoms with Crippen LogP contribution in [0.1, 0.15) is 16.7 Å². The molecule has 0 saturated heterocycles. The minimum absolute atomic E-state index is 0.618. The number of benzene rings is 2. The van der Waals surface area contributed by atoms with E-state index in [4.69, 9.17) is 5.73 Å². The van der Waals surface area contributed by atoms with Crippen molar-refractivity contribution in [1.82, 2.24) is 0 Å². The average Bonchev–Trinajstić information content (AvgIpc) is 2.82. The minimum Gasteiger partial charge on any atom is -0.367 e. The van der Waals surface area contributed by atoms with Crippen molar-refractivity contribution >= 4 is 5.69 Å². The summed E-state index contributed by atoms with van der Waals surface area (Å²) in [6.07, 6.45) is 1.15. The lowest BCUT2D eigenvalue weighted by Gasteiger charge is -2.20. The largest absolute Gasteiger partial charge is 0.367 e. The second kappa shape index (κ2) is 4.83. The maximum Gasteiger partial charge on any atom is 0.0429 e. The number of fused-ring (bicyclic) bond motifs is 1. The van der Waals surface area contributed by atoms with Crippen LogP contribution in [0, 0.1) is 0 Å². The van der Waals surface area contributed by atoms with Gasteiger partial charge in [0.2, 0.25) is 0 Å². The van der Waals surface area contributed by atoms with E-state index in [9.17, 15) is 0 Å². The molecule has 0 amide bonds. The molecular weight excluding hydrogens is 220 g/mol. The van der Waals surface area contributed by atoms with Crippen LogP contribution >= 0.6 is 0 Å². The average molecular weight is 238 g/mol. The summed E-state index contributed by atoms with van der Waals surface area (Å²) in [5.74, 6) is 0. The van der Waals surface area contributed by atoms with Crippen LogP contribution in [-0.4, -0.2) is 6.54 Å². The summed E-state index contributed by atoms with van der Waals surface area (Å²) >= 11 is 0. The van der Waals surface area contributed by atoms with Crippen molar-refractivity contribution in [1.29, 1.82) is 0 Å². The third kappa shape index (κ3) is 2.12. The standard InChI is InChI=1S/C16H18N2/c17-11-14-6-7-15-8-9-18(16(15)10-14)12-13-4-2-1-3-5-13/h1-7,10H,8-9,11-12,17H2. The Kier molecular flexibility index (Phi) is 3.03. The fourth-order valence-corrected chi connectivity index (χ4v) is 2.59. The lowest BCUT2D eigenvalue weighted by atomic mass is 10.1. The van der Waals surface area contributed by atoms with E-state index in [1.54, 1.807) is 0 Å². The summed E-state index contributed by atoms with van der Waals surface area (Å²) in [6, 6.07) is 17.2. The molecule has 0 radical (unpaired) electrons. The van der Waals surface area contributed by atoms with E-state index in [-0.39, 0.29) is 0 Å². The smallest absolute Gasteiger partial charge is 0.0429 e. The SMILES string of the molecule is NCc1ccc2c(c1)N(Cc1ccccc1)CC2. The lowest BCUT2D eigenvalue weighted by Crippen LogP contribution is -2.19. The van der Waals surface area contributed by atoms with Crippen LogP contribution in [0.2, 0.25) is 0 Å². The molecule has 1 aliphatic rings. The van der Waals surface area contributed by atoms with Crippen LogP contribution < -0.4 is 10.6 Å². The molecule has 1 aliphatic heterocycles. The number of nitrogens with two attached hydrogens (primary N) is 1. The van der Waals surface area contributed by atoms with Gasteiger partial charge in [-0.1, -0.05) is 42.5 Å². The van der Waals surface area contributed by atoms with Crippen molar-refractivity contribution in [3.05, 3.63) is 65.2 Å². The first kappa shape index (κ1) is 11.3. The molecule has 92 valence electrons. The van der Waals surface area contributed by atoms with Crippen molar-refractivity contribution in [2.75, 3.05) is 11.4 Å². The molecule has 3 rings (SSSR count). The molecule has 18 heavy (non-hydrogen) atoms. The first-order chi connectivity index (χ1) is 8.86. The summed E-state index contributed by atoms with van der Waals surface area (Å²) in [5.41, 5.74) is 11.1. The molecular formula is C16H18N2. The van der Waals surface area contributed by atoms with E-state index in [1.807, 2.05) is 0 Å². The quantitative estimate of drug-likeness (QED) is 0.891. The van der Waals surface area contributed by atoms with Gasteiger partial charge in [0.15, 0.2) is 0 Å². The number of hydrogen-bond acceptors (Lipinski definition) is 2. The van der Waals surface area contributed by atoms with Gasteiger partial charge in [-0.25, -0.2) is 0 Å². The summed E-state index contributed by atoms with van der Waals surface area (Å²) in [4.78, 5) is 2.45. The number of nitrogens with zero attached hydrogens (tertiary/aromatic N) is 1. The van der Waals surface area contributed by atoms with Gasteiger partial charge in [0, 0.05) is 25.3 Å². The van der Waals surface area contributed by atoms with Crippen molar-refractivity contribution in [3.63, 3.8) is 0 Å². The Bertz CT molecular complexity index is 534. The highest BCUT2D eigenvalue weighted by Gasteiger charge is 2.18. The fraction of sp³-hybridized carbons (Fsp3) is 0.250. The molecule has 2 heteroatoms. The zero-order valence-corrected chi connectivity index (χ0v) is 10.5. The first-order valence-corrected chi connectivity index (χ1v) is 6.47. The van der Waals surface area contributed by atoms with Gasteiger partial charge in [0.25, 0.3) is 0 Å². The minimum atomic E-state index is 0.618. The number of hydrogen-bond donors (Lipinski definition) is 1. The van der Waals surface area contributed by atoms with Crippen LogP contribution in [0.5, 0.6) is 0 Å². The van der Waals surface area contributed by atoms with Gasteiger partial charge >= 0.3 is 0 Å². The molecule has 1 heterocycles. The molecule has 0 fully saturated rings. The molecule has 0 spiro atoms. The van der Waals surface area contributed by atoms with Gasteiger partial charge in [0.05, 0.1) is 0 Å². The van der Waals surface area contributed by atoms with E-state index in [2.05, 4.69) is 53.4 Å². The Morgan fingerprint density at radius 3 is 2.61 bits per heavy atom. The highest BCUT2D eigenvalue weighted by atomic mass is 15.1. The van der Waals surface area contributed by atoms with Gasteiger partial charge in [-0.05, 0) is 29.2 Å². The van der Waals surface area contributed by atoms with Crippen LogP contribution in [0.15, 0.2) is 48.5 Å². The molecule has 2 nitrogen and oxygen atoms in total. The molecule has 2 aromatic carbocycles. The topological polar surface area (TPSA) is 29.3 Å². The Hall–Kier alpha value is -1.80. The maximum absolute atomic E-state index is 5.72. The Labute approximate surface area is 108 Å². The van der Waals surface area contributed by atoms with Gasteiger partial charge in [-0.15, -0.1) is 0 Å². The maximum atomic E-state index is 5.72. The van der Waals surface area contributed by atoms with Crippen LogP contribution in [0.4, 0.5) is 5.69 Å². The lowest BCUT2D eigenvalue weighted by molar-refractivity contribution is 0.835. The Morgan fingerprint density at radius 1 is 1.00 bits per heavy atom. The second-order valence-electron chi connectivity index (χ2n) is 4.82. The van der Waals surface area contributed by atoms with E-state index in [0.29, 0.717) is 6.54 Å². The highest BCUT2D eigenvalue weighted by molar-refractivity contribution is 5.59. The fourth-order valence-electron chi connectivity index (χ4n) is 2.59. The van der Waals surface area contributed by atoms with Crippen molar-refractivity contribution in [2.24, 2.45) is 5.73 Å². The highest BCUT2D eigenvalue weighted by Crippen LogP contribution is 2.30. The van der Waals surface area contributed by atoms with Gasteiger partial charge in [-0.2, -0.15) is 0 Å². The van der Waals surface area contributed by atoms with Crippen molar-refractivity contribution < 1.29 is 0 Å². The molecule has 0 atom stereocenters. The summed E-state index contributed by atoms with van der Waals surface area (Å²) in [6.45, 7) is 2.71.